The highest BCUT2D eigenvalue weighted by molar-refractivity contribution is 8.27. The molecule has 1 unspecified atom stereocenters. The summed E-state index contributed by atoms with van der Waals surface area (Å²) in [6.45, 7) is 1.87. The Kier molecular flexibility index (Phi) is 3.72. The van der Waals surface area contributed by atoms with Crippen LogP contribution in [0.25, 0.3) is 0 Å². The standard InChI is InChI=1S/C4H9NO2S2/c1-3-9(8)5(2)4(6)7/h3H2,1-2H3,(H,6,7). The van der Waals surface area contributed by atoms with Crippen LogP contribution in [-0.2, 0) is 20.8 Å². The Labute approximate surface area is 61.4 Å². The molecule has 0 aromatic heterocycles. The van der Waals surface area contributed by atoms with Crippen LogP contribution in [0.3, 0.4) is 0 Å². The van der Waals surface area contributed by atoms with E-state index in [1.54, 1.807) is 0 Å². The van der Waals surface area contributed by atoms with Gasteiger partial charge in [0.05, 0.1) is 0 Å². The maximum absolute atomic E-state index is 10.2. The molecule has 0 aromatic rings. The minimum Gasteiger partial charge on any atom is -0.464 e. The summed E-state index contributed by atoms with van der Waals surface area (Å²) in [5, 5.41) is 8.35. The minimum atomic E-state index is -0.949. The monoisotopic (exact) mass is 167 g/mol. The van der Waals surface area contributed by atoms with Gasteiger partial charge in [0, 0.05) is 12.8 Å². The lowest BCUT2D eigenvalue weighted by molar-refractivity contribution is 0.180. The predicted molar refractivity (Wildman–Crippen MR) is 41.1 cm³/mol. The predicted octanol–water partition coefficient (Wildman–Crippen LogP) is 0.611. The van der Waals surface area contributed by atoms with E-state index in [-0.39, 0.29) is 0 Å². The van der Waals surface area contributed by atoms with Crippen molar-refractivity contribution in [2.45, 2.75) is 6.92 Å². The van der Waals surface area contributed by atoms with Crippen LogP contribution in [0.15, 0.2) is 0 Å². The van der Waals surface area contributed by atoms with E-state index >= 15 is 0 Å². The zero-order valence-electron chi connectivity index (χ0n) is 5.33. The molecule has 0 bridgehead atoms. The first-order valence-electron chi connectivity index (χ1n) is 2.44. The zero-order chi connectivity index (χ0) is 7.44. The van der Waals surface area contributed by atoms with E-state index in [4.69, 9.17) is 16.3 Å². The van der Waals surface area contributed by atoms with Crippen molar-refractivity contribution in [3.8, 4) is 0 Å². The fraction of sp³-hybridized carbons (Fsp3) is 0.750. The number of nitrogens with zero attached hydrogens (tertiary/aromatic N) is 1. The molecule has 5 heteroatoms. The first kappa shape index (κ1) is 8.84. The molecule has 0 aliphatic carbocycles. The van der Waals surface area contributed by atoms with Crippen molar-refractivity contribution in [2.75, 3.05) is 12.8 Å². The normalized spacial score (nSPS) is 12.7. The van der Waals surface area contributed by atoms with Crippen molar-refractivity contribution in [1.29, 1.82) is 0 Å². The lowest BCUT2D eigenvalue weighted by Crippen LogP contribution is -2.27. The van der Waals surface area contributed by atoms with Crippen molar-refractivity contribution in [1.82, 2.24) is 4.31 Å². The van der Waals surface area contributed by atoms with Crippen LogP contribution in [0.2, 0.25) is 0 Å². The van der Waals surface area contributed by atoms with E-state index in [0.29, 0.717) is 5.75 Å². The third-order valence-electron chi connectivity index (χ3n) is 0.822. The number of rotatable bonds is 2. The second-order valence-corrected chi connectivity index (χ2v) is 4.31. The smallest absolute Gasteiger partial charge is 0.417 e. The molecule has 0 fully saturated rings. The van der Waals surface area contributed by atoms with Crippen LogP contribution in [0.4, 0.5) is 4.79 Å². The van der Waals surface area contributed by atoms with Gasteiger partial charge in [0.25, 0.3) is 0 Å². The van der Waals surface area contributed by atoms with Gasteiger partial charge >= 0.3 is 6.09 Å². The van der Waals surface area contributed by atoms with Crippen molar-refractivity contribution >= 4 is 26.9 Å². The Morgan fingerprint density at radius 2 is 2.33 bits per heavy atom. The topological polar surface area (TPSA) is 40.5 Å². The molecule has 0 saturated heterocycles. The van der Waals surface area contributed by atoms with Crippen LogP contribution in [0.5, 0.6) is 0 Å². The highest BCUT2D eigenvalue weighted by atomic mass is 32.8. The van der Waals surface area contributed by atoms with E-state index in [9.17, 15) is 4.79 Å². The second-order valence-electron chi connectivity index (χ2n) is 1.39. The van der Waals surface area contributed by atoms with E-state index < -0.39 is 15.7 Å². The van der Waals surface area contributed by atoms with E-state index in [0.717, 1.165) is 4.31 Å². The van der Waals surface area contributed by atoms with Gasteiger partial charge in [0.2, 0.25) is 0 Å². The molecule has 0 spiro atoms. The number of hydrogen-bond acceptors (Lipinski definition) is 2. The van der Waals surface area contributed by atoms with E-state index in [2.05, 4.69) is 0 Å². The average molecular weight is 167 g/mol. The maximum Gasteiger partial charge on any atom is 0.417 e. The summed E-state index contributed by atoms with van der Waals surface area (Å²) in [6.07, 6.45) is -0.949. The second kappa shape index (κ2) is 3.79. The molecule has 3 nitrogen and oxygen atoms in total. The Morgan fingerprint density at radius 1 is 1.89 bits per heavy atom. The Balaban J connectivity index is 3.88. The van der Waals surface area contributed by atoms with Crippen LogP contribution in [0.1, 0.15) is 6.92 Å². The van der Waals surface area contributed by atoms with Gasteiger partial charge in [-0.15, -0.1) is 0 Å². The summed E-state index contributed by atoms with van der Waals surface area (Å²) in [4.78, 5) is 10.2. The van der Waals surface area contributed by atoms with Crippen molar-refractivity contribution < 1.29 is 9.90 Å². The first-order valence-corrected chi connectivity index (χ1v) is 4.72. The first-order chi connectivity index (χ1) is 4.09. The average Bonchev–Trinajstić information content (AvgIpc) is 1.84. The molecule has 1 N–H and O–H groups in total. The molecule has 0 radical (unpaired) electrons. The Morgan fingerprint density at radius 3 is 2.44 bits per heavy atom. The highest BCUT2D eigenvalue weighted by Gasteiger charge is 2.06. The lowest BCUT2D eigenvalue weighted by atomic mass is 11.0. The quantitative estimate of drug-likeness (QED) is 0.655. The van der Waals surface area contributed by atoms with Crippen LogP contribution < -0.4 is 0 Å². The summed E-state index contributed by atoms with van der Waals surface area (Å²) in [7, 11) is 0.953. The van der Waals surface area contributed by atoms with E-state index in [1.807, 2.05) is 6.92 Å². The molecule has 0 saturated carbocycles. The molecule has 0 rings (SSSR count). The third kappa shape index (κ3) is 2.76. The molecule has 0 aromatic carbocycles. The summed E-state index contributed by atoms with van der Waals surface area (Å²) in [6, 6.07) is 0. The van der Waals surface area contributed by atoms with Gasteiger partial charge in [0.15, 0.2) is 0 Å². The lowest BCUT2D eigenvalue weighted by Gasteiger charge is -2.12. The SMILES string of the molecule is CCS(=S)N(C)C(=O)O. The number of amides is 1. The van der Waals surface area contributed by atoms with Gasteiger partial charge in [-0.2, -0.15) is 0 Å². The fourth-order valence-corrected chi connectivity index (χ4v) is 1.03. The molecule has 1 atom stereocenters. The van der Waals surface area contributed by atoms with Gasteiger partial charge in [-0.05, 0) is 20.8 Å². The number of carboxylic acid groups (broad SMARTS) is 1. The van der Waals surface area contributed by atoms with Crippen molar-refractivity contribution in [3.63, 3.8) is 0 Å². The largest absolute Gasteiger partial charge is 0.464 e. The van der Waals surface area contributed by atoms with Gasteiger partial charge < -0.3 is 5.11 Å². The van der Waals surface area contributed by atoms with Gasteiger partial charge in [-0.25, -0.2) is 4.79 Å². The van der Waals surface area contributed by atoms with E-state index in [1.165, 1.54) is 7.05 Å². The summed E-state index contributed by atoms with van der Waals surface area (Å²) >= 11 is 4.81. The Hall–Kier alpha value is -0.160. The Bertz CT molecular complexity index is 137. The van der Waals surface area contributed by atoms with Crippen molar-refractivity contribution in [3.05, 3.63) is 0 Å². The summed E-state index contributed by atoms with van der Waals surface area (Å²) in [5.74, 6) is 0.706. The molecule has 0 heterocycles. The molecule has 0 aliphatic heterocycles. The zero-order valence-corrected chi connectivity index (χ0v) is 6.96. The van der Waals surface area contributed by atoms with Crippen LogP contribution in [0, 0.1) is 0 Å². The number of carbonyl (C=O) groups is 1. The third-order valence-corrected chi connectivity index (χ3v) is 3.46. The molecule has 9 heavy (non-hydrogen) atoms. The molecule has 54 valence electrons. The molecule has 0 aliphatic rings. The summed E-state index contributed by atoms with van der Waals surface area (Å²) < 4.78 is 1.15. The van der Waals surface area contributed by atoms with Gasteiger partial charge in [-0.3, -0.25) is 4.31 Å². The molecular weight excluding hydrogens is 158 g/mol. The van der Waals surface area contributed by atoms with Gasteiger partial charge in [0.1, 0.15) is 0 Å². The highest BCUT2D eigenvalue weighted by Crippen LogP contribution is 1.90. The molecule has 1 amide bonds. The van der Waals surface area contributed by atoms with Crippen LogP contribution in [-0.4, -0.2) is 28.3 Å². The molecular formula is C4H9NO2S2. The maximum atomic E-state index is 10.2. The summed E-state index contributed by atoms with van der Waals surface area (Å²) in [5.41, 5.74) is 0. The van der Waals surface area contributed by atoms with Crippen LogP contribution >= 0.6 is 0 Å². The minimum absolute atomic E-state index is 0.535. The van der Waals surface area contributed by atoms with Gasteiger partial charge in [-0.1, -0.05) is 6.92 Å². The number of hydrogen-bond donors (Lipinski definition) is 1. The fourth-order valence-electron chi connectivity index (χ4n) is 0.281. The van der Waals surface area contributed by atoms with Crippen molar-refractivity contribution in [2.24, 2.45) is 0 Å².